The molecule has 0 saturated heterocycles. The van der Waals surface area contributed by atoms with Gasteiger partial charge in [0.2, 0.25) is 5.88 Å². The van der Waals surface area contributed by atoms with Crippen LogP contribution in [-0.2, 0) is 10.1 Å². The predicted octanol–water partition coefficient (Wildman–Crippen LogP) is 1.91. The van der Waals surface area contributed by atoms with Crippen molar-refractivity contribution in [2.45, 2.75) is 4.90 Å². The summed E-state index contributed by atoms with van der Waals surface area (Å²) in [5.41, 5.74) is 1.66. The second-order valence-electron chi connectivity index (χ2n) is 4.22. The average molecular weight is 310 g/mol. The number of hydrogen-bond acceptors (Lipinski definition) is 6. The normalized spacial score (nSPS) is 11.0. The summed E-state index contributed by atoms with van der Waals surface area (Å²) in [6.07, 6.45) is 1.59. The third-order valence-electron chi connectivity index (χ3n) is 2.94. The molecule has 8 heteroatoms. The van der Waals surface area contributed by atoms with Gasteiger partial charge in [0, 0.05) is 39.1 Å². The van der Waals surface area contributed by atoms with Gasteiger partial charge in [-0.25, -0.2) is 0 Å². The van der Waals surface area contributed by atoms with Crippen LogP contribution in [0, 0.1) is 0 Å². The molecular weight excluding hydrogens is 292 g/mol. The number of benzene rings is 1. The van der Waals surface area contributed by atoms with Crippen molar-refractivity contribution in [3.8, 4) is 5.88 Å². The molecule has 1 heterocycles. The second kappa shape index (κ2) is 5.96. The number of rotatable bonds is 6. The molecule has 114 valence electrons. The van der Waals surface area contributed by atoms with Gasteiger partial charge < -0.3 is 25.1 Å². The molecule has 1 aromatic heterocycles. The molecule has 0 bridgehead atoms. The van der Waals surface area contributed by atoms with E-state index in [9.17, 15) is 8.42 Å². The van der Waals surface area contributed by atoms with Crippen molar-refractivity contribution < 1.29 is 12.6 Å². The smallest absolute Gasteiger partial charge is 0.344 e. The zero-order chi connectivity index (χ0) is 15.5. The van der Waals surface area contributed by atoms with Gasteiger partial charge in [-0.05, 0) is 18.2 Å². The Morgan fingerprint density at radius 1 is 1.05 bits per heavy atom. The lowest BCUT2D eigenvalue weighted by atomic mass is 10.2. The molecular formula is C13H18N4O3S. The summed E-state index contributed by atoms with van der Waals surface area (Å²) in [6.45, 7) is 0. The summed E-state index contributed by atoms with van der Waals surface area (Å²) in [7, 11) is 1.09. The molecule has 0 aliphatic heterocycles. The molecule has 0 saturated carbocycles. The fraction of sp³-hybridized carbons (Fsp3) is 0.231. The van der Waals surface area contributed by atoms with E-state index in [1.54, 1.807) is 45.5 Å². The van der Waals surface area contributed by atoms with E-state index in [1.807, 2.05) is 0 Å². The molecule has 0 unspecified atom stereocenters. The molecule has 1 aromatic carbocycles. The maximum atomic E-state index is 12.5. The Morgan fingerprint density at radius 3 is 2.10 bits per heavy atom. The van der Waals surface area contributed by atoms with E-state index in [2.05, 4.69) is 20.9 Å². The van der Waals surface area contributed by atoms with Crippen LogP contribution < -0.4 is 20.1 Å². The van der Waals surface area contributed by atoms with Crippen molar-refractivity contribution in [3.63, 3.8) is 0 Å². The third-order valence-corrected chi connectivity index (χ3v) is 4.27. The summed E-state index contributed by atoms with van der Waals surface area (Å²) in [6, 6.07) is 6.60. The maximum Gasteiger partial charge on any atom is 0.344 e. The molecule has 0 radical (unpaired) electrons. The maximum absolute atomic E-state index is 12.5. The number of aromatic amines is 1. The van der Waals surface area contributed by atoms with Crippen molar-refractivity contribution in [3.05, 3.63) is 30.5 Å². The van der Waals surface area contributed by atoms with Gasteiger partial charge >= 0.3 is 10.1 Å². The molecule has 0 atom stereocenters. The van der Waals surface area contributed by atoms with Crippen LogP contribution in [0.25, 0.3) is 0 Å². The Hall–Kier alpha value is -2.35. The van der Waals surface area contributed by atoms with Crippen molar-refractivity contribution in [2.75, 3.05) is 37.1 Å². The molecule has 0 aliphatic rings. The number of aromatic nitrogens is 1. The highest BCUT2D eigenvalue weighted by Crippen LogP contribution is 2.34. The van der Waals surface area contributed by atoms with Crippen molar-refractivity contribution in [1.29, 1.82) is 0 Å². The van der Waals surface area contributed by atoms with Crippen LogP contribution in [0.5, 0.6) is 5.88 Å². The Balaban J connectivity index is 2.55. The SMILES string of the molecule is CNc1cc(NC)c(S(=O)(=O)Oc2ccc[nH]2)c(NC)c1. The first-order valence-electron chi connectivity index (χ1n) is 6.31. The minimum Gasteiger partial charge on any atom is -0.388 e. The molecule has 0 fully saturated rings. The van der Waals surface area contributed by atoms with Gasteiger partial charge in [0.15, 0.2) is 4.90 Å². The van der Waals surface area contributed by atoms with Gasteiger partial charge in [0.25, 0.3) is 0 Å². The highest BCUT2D eigenvalue weighted by molar-refractivity contribution is 7.87. The molecule has 0 spiro atoms. The first-order valence-corrected chi connectivity index (χ1v) is 7.72. The second-order valence-corrected chi connectivity index (χ2v) is 5.71. The van der Waals surface area contributed by atoms with Crippen LogP contribution in [-0.4, -0.2) is 34.5 Å². The average Bonchev–Trinajstić information content (AvgIpc) is 2.97. The first-order chi connectivity index (χ1) is 10.0. The fourth-order valence-electron chi connectivity index (χ4n) is 1.94. The summed E-state index contributed by atoms with van der Waals surface area (Å²) < 4.78 is 30.1. The lowest BCUT2D eigenvalue weighted by molar-refractivity contribution is 0.478. The van der Waals surface area contributed by atoms with Crippen LogP contribution in [0.4, 0.5) is 17.1 Å². The standard InChI is InChI=1S/C13H18N4O3S/c1-14-9-7-10(15-2)13(11(8-9)16-3)21(18,19)20-12-5-4-6-17-12/h4-8,14-17H,1-3H3. The Bertz CT molecular complexity index is 686. The monoisotopic (exact) mass is 310 g/mol. The summed E-state index contributed by atoms with van der Waals surface area (Å²) in [4.78, 5) is 2.76. The fourth-order valence-corrected chi connectivity index (χ4v) is 3.22. The van der Waals surface area contributed by atoms with E-state index in [0.717, 1.165) is 5.69 Å². The van der Waals surface area contributed by atoms with Crippen LogP contribution in [0.15, 0.2) is 35.4 Å². The first kappa shape index (κ1) is 15.0. The zero-order valence-electron chi connectivity index (χ0n) is 12.0. The predicted molar refractivity (Wildman–Crippen MR) is 83.7 cm³/mol. The van der Waals surface area contributed by atoms with E-state index in [-0.39, 0.29) is 10.8 Å². The van der Waals surface area contributed by atoms with Crippen molar-refractivity contribution in [2.24, 2.45) is 0 Å². The lowest BCUT2D eigenvalue weighted by Gasteiger charge is -2.16. The van der Waals surface area contributed by atoms with Crippen molar-refractivity contribution in [1.82, 2.24) is 4.98 Å². The van der Waals surface area contributed by atoms with Crippen LogP contribution >= 0.6 is 0 Å². The highest BCUT2D eigenvalue weighted by Gasteiger charge is 2.25. The Kier molecular flexibility index (Phi) is 4.27. The number of H-pyrrole nitrogens is 1. The number of anilines is 3. The molecule has 2 aromatic rings. The van der Waals surface area contributed by atoms with Crippen LogP contribution in [0.1, 0.15) is 0 Å². The van der Waals surface area contributed by atoms with E-state index >= 15 is 0 Å². The number of nitrogens with one attached hydrogen (secondary N) is 4. The quantitative estimate of drug-likeness (QED) is 0.609. The van der Waals surface area contributed by atoms with Gasteiger partial charge in [-0.15, -0.1) is 0 Å². The minimum atomic E-state index is -3.98. The van der Waals surface area contributed by atoms with Crippen LogP contribution in [0.2, 0.25) is 0 Å². The Morgan fingerprint density at radius 2 is 1.67 bits per heavy atom. The molecule has 2 rings (SSSR count). The lowest BCUT2D eigenvalue weighted by Crippen LogP contribution is -2.15. The van der Waals surface area contributed by atoms with Gasteiger partial charge in [0.1, 0.15) is 0 Å². The minimum absolute atomic E-state index is 0.0566. The zero-order valence-corrected chi connectivity index (χ0v) is 12.8. The van der Waals surface area contributed by atoms with E-state index in [1.165, 1.54) is 6.07 Å². The summed E-state index contributed by atoms with van der Waals surface area (Å²) in [5.74, 6) is 0.164. The van der Waals surface area contributed by atoms with Gasteiger partial charge in [-0.3, -0.25) is 0 Å². The van der Waals surface area contributed by atoms with E-state index in [0.29, 0.717) is 11.4 Å². The summed E-state index contributed by atoms with van der Waals surface area (Å²) >= 11 is 0. The van der Waals surface area contributed by atoms with Gasteiger partial charge in [0.05, 0.1) is 11.4 Å². The molecule has 0 amide bonds. The molecule has 0 aliphatic carbocycles. The molecule has 7 nitrogen and oxygen atoms in total. The van der Waals surface area contributed by atoms with E-state index in [4.69, 9.17) is 4.18 Å². The number of hydrogen-bond donors (Lipinski definition) is 4. The highest BCUT2D eigenvalue weighted by atomic mass is 32.2. The van der Waals surface area contributed by atoms with Crippen LogP contribution in [0.3, 0.4) is 0 Å². The van der Waals surface area contributed by atoms with E-state index < -0.39 is 10.1 Å². The summed E-state index contributed by atoms with van der Waals surface area (Å²) in [5, 5.41) is 8.74. The van der Waals surface area contributed by atoms with Crippen molar-refractivity contribution >= 4 is 27.2 Å². The third kappa shape index (κ3) is 3.05. The largest absolute Gasteiger partial charge is 0.388 e. The molecule has 4 N–H and O–H groups in total. The van der Waals surface area contributed by atoms with Gasteiger partial charge in [-0.2, -0.15) is 8.42 Å². The van der Waals surface area contributed by atoms with Gasteiger partial charge in [-0.1, -0.05) is 0 Å². The Labute approximate surface area is 123 Å². The molecule has 21 heavy (non-hydrogen) atoms. The topological polar surface area (TPSA) is 95.2 Å².